The van der Waals surface area contributed by atoms with Crippen molar-refractivity contribution >= 4 is 21.7 Å². The van der Waals surface area contributed by atoms with Crippen LogP contribution in [0.25, 0.3) is 16.0 Å². The molecule has 204 valence electrons. The van der Waals surface area contributed by atoms with E-state index in [-0.39, 0.29) is 30.7 Å². The number of hydrogen-bond acceptors (Lipinski definition) is 5. The van der Waals surface area contributed by atoms with E-state index in [4.69, 9.17) is 9.90 Å². The molecular weight excluding hydrogens is 593 g/mol. The molecule has 4 aromatic rings. The van der Waals surface area contributed by atoms with E-state index in [1.165, 1.54) is 0 Å². The van der Waals surface area contributed by atoms with E-state index in [1.807, 2.05) is 61.5 Å². The molecule has 0 unspecified atom stereocenters. The van der Waals surface area contributed by atoms with Gasteiger partial charge < -0.3 is 9.83 Å². The average molecular weight is 625 g/mol. The van der Waals surface area contributed by atoms with Gasteiger partial charge in [0.15, 0.2) is 0 Å². The van der Waals surface area contributed by atoms with Crippen molar-refractivity contribution in [2.24, 2.45) is 0 Å². The van der Waals surface area contributed by atoms with Crippen molar-refractivity contribution in [3.63, 3.8) is 0 Å². The molecule has 0 aliphatic carbocycles. The van der Waals surface area contributed by atoms with Crippen molar-refractivity contribution in [3.05, 3.63) is 113 Å². The number of nitrogens with zero attached hydrogens (tertiary/aromatic N) is 3. The molecular formula is C29H32N3O4PdS-. The fourth-order valence-electron chi connectivity index (χ4n) is 3.02. The Labute approximate surface area is 239 Å². The summed E-state index contributed by atoms with van der Waals surface area (Å²) >= 11 is 0. The normalized spacial score (nSPS) is 10.4. The summed E-state index contributed by atoms with van der Waals surface area (Å²) in [6.07, 6.45) is 5.19. The third kappa shape index (κ3) is 10.9. The molecule has 0 aliphatic rings. The van der Waals surface area contributed by atoms with Crippen LogP contribution in [0.3, 0.4) is 0 Å². The number of carbonyl (C=O) groups is 1. The number of pyridine rings is 2. The summed E-state index contributed by atoms with van der Waals surface area (Å²) < 4.78 is 29.9. The van der Waals surface area contributed by atoms with Crippen molar-refractivity contribution in [2.45, 2.75) is 44.9 Å². The molecule has 2 heterocycles. The second-order valence-electron chi connectivity index (χ2n) is 9.12. The monoisotopic (exact) mass is 624 g/mol. The molecule has 0 aliphatic heterocycles. The third-order valence-electron chi connectivity index (χ3n) is 4.91. The number of benzene rings is 2. The Balaban J connectivity index is 0.000000553. The quantitative estimate of drug-likeness (QED) is 0.247. The third-order valence-corrected chi connectivity index (χ3v) is 6.21. The van der Waals surface area contributed by atoms with Crippen LogP contribution in [0.15, 0.2) is 102 Å². The van der Waals surface area contributed by atoms with Gasteiger partial charge in [-0.1, -0.05) is 68.8 Å². The minimum Gasteiger partial charge on any atom is -0.572 e. The minimum absolute atomic E-state index is 0. The van der Waals surface area contributed by atoms with E-state index in [0.717, 1.165) is 18.1 Å². The Kier molecular flexibility index (Phi) is 13.0. The van der Waals surface area contributed by atoms with Crippen LogP contribution >= 0.6 is 0 Å². The molecule has 0 amide bonds. The first kappa shape index (κ1) is 32.7. The molecule has 2 aromatic carbocycles. The second-order valence-corrected chi connectivity index (χ2v) is 10.7. The fraction of sp³-hybridized carbons (Fsp3) is 0.207. The van der Waals surface area contributed by atoms with Crippen LogP contribution in [0.2, 0.25) is 0 Å². The predicted molar refractivity (Wildman–Crippen MR) is 147 cm³/mol. The molecule has 0 spiro atoms. The molecule has 0 saturated carbocycles. The molecule has 9 heteroatoms. The second kappa shape index (κ2) is 15.1. The van der Waals surface area contributed by atoms with Crippen molar-refractivity contribution < 1.29 is 38.7 Å². The SMILES string of the molecule is CC(=O)O.Cc1ccc(S(=O)(=O)[N-]c2cc(C(C)(C)C)ccc2-c2ccccn2)cc1.[Pd].c1ccncc1. The smallest absolute Gasteiger partial charge is 0.300 e. The molecule has 2 aromatic heterocycles. The first-order valence-corrected chi connectivity index (χ1v) is 13.0. The Morgan fingerprint density at radius 3 is 1.89 bits per heavy atom. The van der Waals surface area contributed by atoms with Crippen LogP contribution in [0.4, 0.5) is 5.69 Å². The molecule has 0 atom stereocenters. The van der Waals surface area contributed by atoms with Gasteiger partial charge >= 0.3 is 0 Å². The maximum absolute atomic E-state index is 12.9. The van der Waals surface area contributed by atoms with Crippen molar-refractivity contribution in [3.8, 4) is 11.3 Å². The Bertz CT molecular complexity index is 1340. The Morgan fingerprint density at radius 2 is 1.45 bits per heavy atom. The molecule has 38 heavy (non-hydrogen) atoms. The summed E-state index contributed by atoms with van der Waals surface area (Å²) in [5.74, 6) is -0.833. The van der Waals surface area contributed by atoms with E-state index in [9.17, 15) is 8.42 Å². The zero-order valence-electron chi connectivity index (χ0n) is 22.0. The van der Waals surface area contributed by atoms with Crippen molar-refractivity contribution in [1.29, 1.82) is 0 Å². The summed E-state index contributed by atoms with van der Waals surface area (Å²) in [4.78, 5) is 17.3. The predicted octanol–water partition coefficient (Wildman–Crippen LogP) is 6.92. The maximum atomic E-state index is 12.9. The topological polar surface area (TPSA) is 111 Å². The average Bonchev–Trinajstić information content (AvgIpc) is 2.85. The number of aliphatic carboxylic acids is 1. The summed E-state index contributed by atoms with van der Waals surface area (Å²) in [5, 5.41) is 7.42. The zero-order chi connectivity index (χ0) is 27.5. The van der Waals surface area contributed by atoms with Gasteiger partial charge in [0, 0.05) is 45.9 Å². The summed E-state index contributed by atoms with van der Waals surface area (Å²) in [7, 11) is -3.83. The fourth-order valence-corrected chi connectivity index (χ4v) is 4.01. The van der Waals surface area contributed by atoms with Crippen LogP contribution in [-0.2, 0) is 40.7 Å². The van der Waals surface area contributed by atoms with Gasteiger partial charge in [-0.05, 0) is 59.9 Å². The number of aromatic nitrogens is 2. The van der Waals surface area contributed by atoms with Gasteiger partial charge in [0.25, 0.3) is 5.97 Å². The Morgan fingerprint density at radius 1 is 0.868 bits per heavy atom. The van der Waals surface area contributed by atoms with E-state index >= 15 is 0 Å². The Hall–Kier alpha value is -3.38. The van der Waals surface area contributed by atoms with E-state index in [2.05, 4.69) is 35.5 Å². The van der Waals surface area contributed by atoms with Gasteiger partial charge in [0.1, 0.15) is 10.0 Å². The molecule has 0 saturated heterocycles. The largest absolute Gasteiger partial charge is 0.572 e. The number of carboxylic acid groups (broad SMARTS) is 1. The van der Waals surface area contributed by atoms with Gasteiger partial charge in [0.2, 0.25) is 0 Å². The summed E-state index contributed by atoms with van der Waals surface area (Å²) in [6, 6.07) is 23.7. The number of sulfonamides is 1. The van der Waals surface area contributed by atoms with Gasteiger partial charge in [-0.3, -0.25) is 14.8 Å². The van der Waals surface area contributed by atoms with Gasteiger partial charge in [-0.2, -0.15) is 0 Å². The van der Waals surface area contributed by atoms with Crippen LogP contribution in [-0.4, -0.2) is 29.5 Å². The first-order chi connectivity index (χ1) is 17.4. The van der Waals surface area contributed by atoms with Gasteiger partial charge in [-0.25, -0.2) is 8.42 Å². The zero-order valence-corrected chi connectivity index (χ0v) is 24.3. The van der Waals surface area contributed by atoms with Crippen LogP contribution in [0.1, 0.15) is 38.8 Å². The number of rotatable bonds is 4. The molecule has 0 fully saturated rings. The van der Waals surface area contributed by atoms with E-state index in [1.54, 1.807) is 42.9 Å². The van der Waals surface area contributed by atoms with Crippen LogP contribution < -0.4 is 0 Å². The maximum Gasteiger partial charge on any atom is 0.300 e. The van der Waals surface area contributed by atoms with Gasteiger partial charge in [0.05, 0.1) is 10.6 Å². The number of aryl methyl sites for hydroxylation is 1. The van der Waals surface area contributed by atoms with E-state index < -0.39 is 16.0 Å². The van der Waals surface area contributed by atoms with Crippen molar-refractivity contribution in [1.82, 2.24) is 9.97 Å². The van der Waals surface area contributed by atoms with Crippen molar-refractivity contribution in [2.75, 3.05) is 0 Å². The van der Waals surface area contributed by atoms with Crippen LogP contribution in [0.5, 0.6) is 0 Å². The molecule has 4 rings (SSSR count). The number of carboxylic acids is 1. The molecule has 1 N–H and O–H groups in total. The number of hydrogen-bond donors (Lipinski definition) is 1. The minimum atomic E-state index is -3.83. The van der Waals surface area contributed by atoms with Gasteiger partial charge in [-0.15, -0.1) is 5.69 Å². The standard InChI is InChI=1S/C22H23N2O2S.C5H5N.C2H4O2.Pd/c1-16-8-11-18(12-9-16)27(25,26)24-21-15-17(22(2,3)4)10-13-19(21)20-7-5-6-14-23-20;1-2-4-6-5-3-1;1-2(3)4;/h5-15H,1-4H3;1-5H;1H3,(H,3,4);/q-1;;;. The summed E-state index contributed by atoms with van der Waals surface area (Å²) in [6.45, 7) is 9.25. The summed E-state index contributed by atoms with van der Waals surface area (Å²) in [5.41, 5.74) is 3.68. The molecule has 0 bridgehead atoms. The molecule has 0 radical (unpaired) electrons. The first-order valence-electron chi connectivity index (χ1n) is 11.6. The van der Waals surface area contributed by atoms with Crippen LogP contribution in [0, 0.1) is 6.92 Å². The van der Waals surface area contributed by atoms with E-state index in [0.29, 0.717) is 16.9 Å². The molecule has 7 nitrogen and oxygen atoms in total.